The quantitative estimate of drug-likeness (QED) is 0.521. The van der Waals surface area contributed by atoms with E-state index in [2.05, 4.69) is 4.57 Å². The highest BCUT2D eigenvalue weighted by atomic mass is 19.3. The van der Waals surface area contributed by atoms with E-state index in [1.807, 2.05) is 25.1 Å². The Labute approximate surface area is 196 Å². The van der Waals surface area contributed by atoms with Gasteiger partial charge in [0.2, 0.25) is 5.91 Å². The number of halogens is 2. The van der Waals surface area contributed by atoms with Crippen LogP contribution in [0.1, 0.15) is 79.7 Å². The van der Waals surface area contributed by atoms with Crippen LogP contribution in [0.3, 0.4) is 0 Å². The van der Waals surface area contributed by atoms with Gasteiger partial charge in [-0.15, -0.1) is 0 Å². The number of nitrogens with zero attached hydrogens (tertiary/aromatic N) is 4. The van der Waals surface area contributed by atoms with Gasteiger partial charge in [-0.1, -0.05) is 12.1 Å². The smallest absolute Gasteiger partial charge is 0.265 e. The van der Waals surface area contributed by atoms with Crippen LogP contribution in [0.2, 0.25) is 0 Å². The van der Waals surface area contributed by atoms with Gasteiger partial charge < -0.3 is 14.2 Å². The molecule has 2 fully saturated rings. The molecule has 6 rings (SSSR count). The van der Waals surface area contributed by atoms with Crippen LogP contribution in [0.25, 0.3) is 22.2 Å². The van der Waals surface area contributed by atoms with Crippen LogP contribution in [0.15, 0.2) is 24.3 Å². The minimum Gasteiger partial charge on any atom is -0.381 e. The van der Waals surface area contributed by atoms with Gasteiger partial charge >= 0.3 is 0 Å². The fourth-order valence-corrected chi connectivity index (χ4v) is 5.55. The lowest BCUT2D eigenvalue weighted by Gasteiger charge is -2.31. The maximum absolute atomic E-state index is 14.2. The summed E-state index contributed by atoms with van der Waals surface area (Å²) in [7, 11) is 1.80. The van der Waals surface area contributed by atoms with Crippen molar-refractivity contribution in [1.29, 1.82) is 0 Å². The molecule has 8 heteroatoms. The summed E-state index contributed by atoms with van der Waals surface area (Å²) in [5.41, 5.74) is 3.74. The summed E-state index contributed by atoms with van der Waals surface area (Å²) in [5.74, 6) is 1.35. The first kappa shape index (κ1) is 21.6. The number of amides is 1. The fourth-order valence-electron chi connectivity index (χ4n) is 5.55. The monoisotopic (exact) mass is 466 g/mol. The molecule has 4 heterocycles. The Morgan fingerprint density at radius 3 is 2.56 bits per heavy atom. The van der Waals surface area contributed by atoms with E-state index < -0.39 is 6.43 Å². The summed E-state index contributed by atoms with van der Waals surface area (Å²) in [5, 5.41) is 0.684. The molecular weight excluding hydrogens is 438 g/mol. The number of alkyl halides is 2. The number of hydrogen-bond acceptors (Lipinski definition) is 4. The van der Waals surface area contributed by atoms with Gasteiger partial charge in [0.25, 0.3) is 6.43 Å². The van der Waals surface area contributed by atoms with Crippen molar-refractivity contribution in [2.75, 3.05) is 20.3 Å². The number of fused-ring (bicyclic) bond motifs is 2. The van der Waals surface area contributed by atoms with Crippen LogP contribution in [0.5, 0.6) is 0 Å². The Morgan fingerprint density at radius 1 is 1.09 bits per heavy atom. The molecule has 1 saturated carbocycles. The molecule has 1 atom stereocenters. The molecule has 1 saturated heterocycles. The highest BCUT2D eigenvalue weighted by molar-refractivity contribution is 5.95. The molecule has 2 aliphatic heterocycles. The zero-order valence-corrected chi connectivity index (χ0v) is 19.4. The van der Waals surface area contributed by atoms with Gasteiger partial charge in [0.1, 0.15) is 11.9 Å². The maximum Gasteiger partial charge on any atom is 0.265 e. The van der Waals surface area contributed by atoms with Crippen LogP contribution >= 0.6 is 0 Å². The van der Waals surface area contributed by atoms with E-state index in [-0.39, 0.29) is 23.4 Å². The van der Waals surface area contributed by atoms with Crippen molar-refractivity contribution in [3.8, 4) is 11.3 Å². The first-order chi connectivity index (χ1) is 16.4. The minimum absolute atomic E-state index is 0.00278. The number of rotatable bonds is 4. The molecule has 0 radical (unpaired) electrons. The van der Waals surface area contributed by atoms with Crippen molar-refractivity contribution in [1.82, 2.24) is 19.4 Å². The zero-order chi connectivity index (χ0) is 23.6. The van der Waals surface area contributed by atoms with Crippen LogP contribution < -0.4 is 0 Å². The third-order valence-corrected chi connectivity index (χ3v) is 7.51. The van der Waals surface area contributed by atoms with Gasteiger partial charge in [0.15, 0.2) is 0 Å². The molecule has 3 aromatic rings. The fraction of sp³-hybridized carbons (Fsp3) is 0.500. The molecule has 1 amide bonds. The van der Waals surface area contributed by atoms with Gasteiger partial charge in [0.05, 0.1) is 29.1 Å². The molecule has 6 nitrogen and oxygen atoms in total. The number of ether oxygens (including phenoxy) is 1. The summed E-state index contributed by atoms with van der Waals surface area (Å²) in [6, 6.07) is 7.05. The standard InChI is InChI=1S/C26H28F2N4O2/c1-14-26(33)31(2)13-21-23(30-25(32(14)21)16-6-7-16)17-4-3-5-20-18(17)12-19(24(27)28)22(29-20)15-8-10-34-11-9-15/h3-5,12,14-16,24H,6-11,13H2,1-2H3/t14-/m1/s1. The molecule has 0 bridgehead atoms. The summed E-state index contributed by atoms with van der Waals surface area (Å²) in [6.07, 6.45) is 0.927. The van der Waals surface area contributed by atoms with Crippen LogP contribution in [0, 0.1) is 0 Å². The molecule has 3 aliphatic rings. The van der Waals surface area contributed by atoms with Crippen molar-refractivity contribution in [3.05, 3.63) is 47.0 Å². The lowest BCUT2D eigenvalue weighted by molar-refractivity contribution is -0.135. The molecule has 1 aromatic carbocycles. The van der Waals surface area contributed by atoms with Gasteiger partial charge in [0, 0.05) is 48.6 Å². The van der Waals surface area contributed by atoms with E-state index >= 15 is 0 Å². The van der Waals surface area contributed by atoms with Crippen LogP contribution in [0.4, 0.5) is 8.78 Å². The predicted octanol–water partition coefficient (Wildman–Crippen LogP) is 5.34. The van der Waals surface area contributed by atoms with Crippen LogP contribution in [-0.2, 0) is 16.1 Å². The second-order valence-electron chi connectivity index (χ2n) is 9.80. The van der Waals surface area contributed by atoms with Crippen molar-refractivity contribution in [3.63, 3.8) is 0 Å². The SMILES string of the molecule is C[C@@H]1C(=O)N(C)Cc2c(-c3cccc4nc(C5CCOCC5)c(C(F)F)cc34)nc(C3CC3)n21. The normalized spacial score (nSPS) is 21.5. The number of carbonyl (C=O) groups excluding carboxylic acids is 1. The minimum atomic E-state index is -2.61. The van der Waals surface area contributed by atoms with Crippen molar-refractivity contribution in [2.24, 2.45) is 0 Å². The summed E-state index contributed by atoms with van der Waals surface area (Å²) >= 11 is 0. The van der Waals surface area contributed by atoms with Gasteiger partial charge in [-0.2, -0.15) is 0 Å². The molecule has 0 N–H and O–H groups in total. The number of carbonyl (C=O) groups is 1. The third kappa shape index (κ3) is 3.42. The number of hydrogen-bond donors (Lipinski definition) is 0. The molecular formula is C26H28F2N4O2. The highest BCUT2D eigenvalue weighted by Crippen LogP contribution is 2.45. The van der Waals surface area contributed by atoms with E-state index in [0.717, 1.165) is 35.6 Å². The van der Waals surface area contributed by atoms with Gasteiger partial charge in [-0.05, 0) is 44.7 Å². The Kier molecular flexibility index (Phi) is 5.17. The second kappa shape index (κ2) is 8.12. The molecule has 178 valence electrons. The Morgan fingerprint density at radius 2 is 1.85 bits per heavy atom. The maximum atomic E-state index is 14.2. The summed E-state index contributed by atoms with van der Waals surface area (Å²) < 4.78 is 36.0. The lowest BCUT2D eigenvalue weighted by Crippen LogP contribution is -2.39. The number of aromatic nitrogens is 3. The predicted molar refractivity (Wildman–Crippen MR) is 124 cm³/mol. The average molecular weight is 467 g/mol. The number of pyridine rings is 1. The molecule has 0 spiro atoms. The molecule has 34 heavy (non-hydrogen) atoms. The molecule has 2 aromatic heterocycles. The van der Waals surface area contributed by atoms with Gasteiger partial charge in [-0.3, -0.25) is 9.78 Å². The van der Waals surface area contributed by atoms with E-state index in [9.17, 15) is 13.6 Å². The number of likely N-dealkylation sites (N-methyl/N-ethyl adjacent to an activating group) is 1. The van der Waals surface area contributed by atoms with E-state index in [1.165, 1.54) is 0 Å². The number of imidazole rings is 1. The average Bonchev–Trinajstić information content (AvgIpc) is 3.63. The van der Waals surface area contributed by atoms with E-state index in [1.54, 1.807) is 18.0 Å². The first-order valence-electron chi connectivity index (χ1n) is 12.1. The molecule has 1 aliphatic carbocycles. The van der Waals surface area contributed by atoms with Crippen LogP contribution in [-0.4, -0.2) is 45.6 Å². The van der Waals surface area contributed by atoms with E-state index in [4.69, 9.17) is 14.7 Å². The Balaban J connectivity index is 1.55. The van der Waals surface area contributed by atoms with Crippen molar-refractivity contribution in [2.45, 2.75) is 63.5 Å². The van der Waals surface area contributed by atoms with Crippen molar-refractivity contribution < 1.29 is 18.3 Å². The summed E-state index contributed by atoms with van der Waals surface area (Å²) in [6.45, 7) is 3.51. The second-order valence-corrected chi connectivity index (χ2v) is 9.80. The highest BCUT2D eigenvalue weighted by Gasteiger charge is 2.38. The first-order valence-corrected chi connectivity index (χ1v) is 12.1. The number of benzene rings is 1. The van der Waals surface area contributed by atoms with Crippen molar-refractivity contribution >= 4 is 16.8 Å². The Bertz CT molecular complexity index is 1280. The van der Waals surface area contributed by atoms with E-state index in [0.29, 0.717) is 55.1 Å². The zero-order valence-electron chi connectivity index (χ0n) is 19.4. The van der Waals surface area contributed by atoms with Gasteiger partial charge in [-0.25, -0.2) is 13.8 Å². The summed E-state index contributed by atoms with van der Waals surface area (Å²) in [4.78, 5) is 24.3. The Hall–Kier alpha value is -2.87. The topological polar surface area (TPSA) is 60.3 Å². The largest absolute Gasteiger partial charge is 0.381 e. The lowest BCUT2D eigenvalue weighted by atomic mass is 9.91. The molecule has 0 unspecified atom stereocenters. The third-order valence-electron chi connectivity index (χ3n) is 7.51.